The van der Waals surface area contributed by atoms with Crippen molar-refractivity contribution in [3.05, 3.63) is 21.7 Å². The Bertz CT molecular complexity index is 521. The van der Waals surface area contributed by atoms with Crippen molar-refractivity contribution in [1.29, 1.82) is 0 Å². The van der Waals surface area contributed by atoms with Crippen molar-refractivity contribution in [3.63, 3.8) is 0 Å². The molecule has 19 heavy (non-hydrogen) atoms. The van der Waals surface area contributed by atoms with Crippen molar-refractivity contribution in [2.75, 3.05) is 6.61 Å². The lowest BCUT2D eigenvalue weighted by Gasteiger charge is -2.15. The van der Waals surface area contributed by atoms with Crippen molar-refractivity contribution in [1.82, 2.24) is 9.97 Å². The van der Waals surface area contributed by atoms with Crippen LogP contribution in [0.4, 0.5) is 17.6 Å². The highest BCUT2D eigenvalue weighted by Crippen LogP contribution is 2.28. The summed E-state index contributed by atoms with van der Waals surface area (Å²) in [5.74, 6) is -2.37. The second-order valence-electron chi connectivity index (χ2n) is 3.99. The number of rotatable bonds is 5. The van der Waals surface area contributed by atoms with Gasteiger partial charge in [-0.05, 0) is 0 Å². The third-order valence-electron chi connectivity index (χ3n) is 2.50. The number of hydrogen-bond acceptors (Lipinski definition) is 4. The lowest BCUT2D eigenvalue weighted by Crippen LogP contribution is -2.32. The molecule has 0 saturated carbocycles. The smallest absolute Gasteiger partial charge is 0.330 e. The number of aromatic nitrogens is 2. The minimum Gasteiger partial charge on any atom is -0.367 e. The van der Waals surface area contributed by atoms with Crippen molar-refractivity contribution >= 4 is 24.0 Å². The Labute approximate surface area is 115 Å². The van der Waals surface area contributed by atoms with Gasteiger partial charge in [-0.1, -0.05) is 12.2 Å². The fourth-order valence-corrected chi connectivity index (χ4v) is 3.00. The molecule has 0 atom stereocenters. The van der Waals surface area contributed by atoms with E-state index in [1.54, 1.807) is 11.8 Å². The summed E-state index contributed by atoms with van der Waals surface area (Å²) in [4.78, 5) is 6.92. The van der Waals surface area contributed by atoms with Crippen molar-refractivity contribution in [2.24, 2.45) is 0 Å². The Balaban J connectivity index is 1.98. The lowest BCUT2D eigenvalue weighted by molar-refractivity contribution is -0.168. The zero-order chi connectivity index (χ0) is 14.0. The first-order chi connectivity index (χ1) is 8.90. The largest absolute Gasteiger partial charge is 0.367 e. The Morgan fingerprint density at radius 2 is 2.16 bits per heavy atom. The number of alkyl halides is 4. The molecule has 0 radical (unpaired) electrons. The summed E-state index contributed by atoms with van der Waals surface area (Å²) in [6, 6.07) is 0. The van der Waals surface area contributed by atoms with Gasteiger partial charge in [0.25, 0.3) is 0 Å². The van der Waals surface area contributed by atoms with E-state index in [0.717, 1.165) is 22.8 Å². The molecule has 1 aliphatic heterocycles. The zero-order valence-corrected chi connectivity index (χ0v) is 11.2. The predicted octanol–water partition coefficient (Wildman–Crippen LogP) is 3.30. The third-order valence-corrected chi connectivity index (χ3v) is 3.82. The van der Waals surface area contributed by atoms with Crippen LogP contribution in [-0.4, -0.2) is 28.9 Å². The average Bonchev–Trinajstić information content (AvgIpc) is 2.77. The monoisotopic (exact) mass is 314 g/mol. The van der Waals surface area contributed by atoms with E-state index in [9.17, 15) is 17.6 Å². The van der Waals surface area contributed by atoms with Gasteiger partial charge < -0.3 is 9.72 Å². The van der Waals surface area contributed by atoms with E-state index >= 15 is 0 Å². The fraction of sp³-hybridized carbons (Fsp3) is 0.600. The number of H-pyrrole nitrogens is 1. The fourth-order valence-electron chi connectivity index (χ4n) is 1.54. The van der Waals surface area contributed by atoms with E-state index in [2.05, 4.69) is 14.7 Å². The molecular weight excluding hydrogens is 304 g/mol. The number of hydrogen-bond donors (Lipinski definition) is 1. The molecule has 0 unspecified atom stereocenters. The molecule has 1 N–H and O–H groups in total. The van der Waals surface area contributed by atoms with Crippen LogP contribution in [0.3, 0.4) is 0 Å². The number of nitrogens with zero attached hydrogens (tertiary/aromatic N) is 1. The minimum absolute atomic E-state index is 0.274. The second kappa shape index (κ2) is 5.76. The predicted molar refractivity (Wildman–Crippen MR) is 65.0 cm³/mol. The molecule has 0 fully saturated rings. The topological polar surface area (TPSA) is 37.9 Å². The Morgan fingerprint density at radius 1 is 1.42 bits per heavy atom. The first-order valence-electron chi connectivity index (χ1n) is 5.32. The summed E-state index contributed by atoms with van der Waals surface area (Å²) in [7, 11) is 0. The molecule has 0 bridgehead atoms. The maximum absolute atomic E-state index is 12.6. The van der Waals surface area contributed by atoms with Gasteiger partial charge in [0, 0.05) is 22.8 Å². The number of ether oxygens (including phenoxy) is 1. The van der Waals surface area contributed by atoms with E-state index in [0.29, 0.717) is 4.64 Å². The summed E-state index contributed by atoms with van der Waals surface area (Å²) in [5.41, 5.74) is 1.82. The molecule has 0 amide bonds. The maximum Gasteiger partial charge on any atom is 0.330 e. The summed E-state index contributed by atoms with van der Waals surface area (Å²) in [6.07, 6.45) is -3.74. The highest BCUT2D eigenvalue weighted by Gasteiger charge is 2.41. The molecule has 2 heterocycles. The third kappa shape index (κ3) is 3.46. The standard InChI is InChI=1S/C10H10F4N2OS2/c11-9(12)10(13,14)4-17-1-7-15-6-3-19-2-5(6)8(18)16-7/h9H,1-4H2,(H,15,16,18). The zero-order valence-electron chi connectivity index (χ0n) is 9.59. The van der Waals surface area contributed by atoms with Crippen molar-refractivity contribution in [2.45, 2.75) is 30.5 Å². The number of fused-ring (bicyclic) bond motifs is 1. The Hall–Kier alpha value is -0.670. The van der Waals surface area contributed by atoms with Gasteiger partial charge in [0.1, 0.15) is 23.7 Å². The molecule has 0 spiro atoms. The van der Waals surface area contributed by atoms with Gasteiger partial charge in [0.15, 0.2) is 0 Å². The van der Waals surface area contributed by atoms with Gasteiger partial charge in [-0.25, -0.2) is 13.8 Å². The quantitative estimate of drug-likeness (QED) is 0.668. The minimum atomic E-state index is -4.15. The van der Waals surface area contributed by atoms with E-state index in [-0.39, 0.29) is 12.4 Å². The molecule has 2 rings (SSSR count). The molecule has 1 aromatic heterocycles. The van der Waals surface area contributed by atoms with E-state index < -0.39 is 19.0 Å². The van der Waals surface area contributed by atoms with Gasteiger partial charge >= 0.3 is 12.3 Å². The van der Waals surface area contributed by atoms with E-state index in [1.807, 2.05) is 0 Å². The van der Waals surface area contributed by atoms with Gasteiger partial charge in [0.2, 0.25) is 0 Å². The SMILES string of the molecule is FC(F)C(F)(F)COCc1nc(=S)c2c([nH]1)CSC2. The van der Waals surface area contributed by atoms with Crippen LogP contribution in [0, 0.1) is 4.64 Å². The van der Waals surface area contributed by atoms with Crippen LogP contribution >= 0.6 is 24.0 Å². The molecule has 3 nitrogen and oxygen atoms in total. The summed E-state index contributed by atoms with van der Waals surface area (Å²) < 4.78 is 54.0. The molecule has 1 aliphatic rings. The van der Waals surface area contributed by atoms with Crippen molar-refractivity contribution in [3.8, 4) is 0 Å². The maximum atomic E-state index is 12.6. The van der Waals surface area contributed by atoms with Gasteiger partial charge in [-0.15, -0.1) is 0 Å². The normalized spacial score (nSPS) is 15.0. The molecular formula is C10H10F4N2OS2. The van der Waals surface area contributed by atoms with Crippen LogP contribution in [0.1, 0.15) is 17.1 Å². The van der Waals surface area contributed by atoms with E-state index in [4.69, 9.17) is 12.2 Å². The highest BCUT2D eigenvalue weighted by molar-refractivity contribution is 7.98. The van der Waals surface area contributed by atoms with Gasteiger partial charge in [0.05, 0.1) is 0 Å². The average molecular weight is 314 g/mol. The molecule has 9 heteroatoms. The molecule has 0 aliphatic carbocycles. The van der Waals surface area contributed by atoms with Gasteiger partial charge in [-0.2, -0.15) is 20.5 Å². The molecule has 0 saturated heterocycles. The first kappa shape index (κ1) is 14.7. The highest BCUT2D eigenvalue weighted by atomic mass is 32.2. The molecule has 0 aromatic carbocycles. The van der Waals surface area contributed by atoms with E-state index in [1.165, 1.54) is 0 Å². The van der Waals surface area contributed by atoms with Crippen LogP contribution in [0.25, 0.3) is 0 Å². The van der Waals surface area contributed by atoms with Crippen LogP contribution in [0.2, 0.25) is 0 Å². The van der Waals surface area contributed by atoms with Crippen LogP contribution in [-0.2, 0) is 22.8 Å². The summed E-state index contributed by atoms with van der Waals surface area (Å²) in [5, 5.41) is 0. The van der Waals surface area contributed by atoms with Crippen LogP contribution < -0.4 is 0 Å². The number of aromatic amines is 1. The number of nitrogens with one attached hydrogen (secondary N) is 1. The molecule has 106 valence electrons. The van der Waals surface area contributed by atoms with Crippen LogP contribution in [0.15, 0.2) is 0 Å². The number of thioether (sulfide) groups is 1. The lowest BCUT2D eigenvalue weighted by atomic mass is 10.3. The molecule has 1 aromatic rings. The van der Waals surface area contributed by atoms with Gasteiger partial charge in [-0.3, -0.25) is 0 Å². The first-order valence-corrected chi connectivity index (χ1v) is 6.89. The summed E-state index contributed by atoms with van der Waals surface area (Å²) >= 11 is 6.72. The Kier molecular flexibility index (Phi) is 4.46. The summed E-state index contributed by atoms with van der Waals surface area (Å²) in [6.45, 7) is -1.65. The van der Waals surface area contributed by atoms with Crippen LogP contribution in [0.5, 0.6) is 0 Å². The Morgan fingerprint density at radius 3 is 2.84 bits per heavy atom. The second-order valence-corrected chi connectivity index (χ2v) is 5.37. The van der Waals surface area contributed by atoms with Crippen molar-refractivity contribution < 1.29 is 22.3 Å². The number of halogens is 4.